The minimum atomic E-state index is -4.93. The van der Waals surface area contributed by atoms with Crippen molar-refractivity contribution in [2.75, 3.05) is 7.11 Å². The molecule has 0 N–H and O–H groups in total. The van der Waals surface area contributed by atoms with Gasteiger partial charge in [-0.15, -0.1) is 0 Å². The molecule has 1 heterocycles. The number of hydrogen-bond donors (Lipinski definition) is 0. The van der Waals surface area contributed by atoms with E-state index in [1.54, 1.807) is 18.2 Å². The van der Waals surface area contributed by atoms with E-state index >= 15 is 0 Å². The van der Waals surface area contributed by atoms with Gasteiger partial charge in [0.25, 0.3) is 5.56 Å². The van der Waals surface area contributed by atoms with Crippen LogP contribution in [0, 0.1) is 0 Å². The standard InChI is InChI=1S/C19H14ClF3N2O4/c1-28-15-7-6-11(20)8-13(15)17(19(21,22)23)29-16(26)9-25-10-24-14-5-3-2-4-12(14)18(25)27/h2-8,10,17H,9H2,1H3/t17-/m1/s1. The summed E-state index contributed by atoms with van der Waals surface area (Å²) in [6.07, 6.45) is -6.47. The average Bonchev–Trinajstić information content (AvgIpc) is 2.67. The summed E-state index contributed by atoms with van der Waals surface area (Å²) in [6, 6.07) is 9.99. The number of esters is 1. The van der Waals surface area contributed by atoms with E-state index in [0.29, 0.717) is 5.52 Å². The molecule has 0 radical (unpaired) electrons. The number of nitrogens with zero attached hydrogens (tertiary/aromatic N) is 2. The summed E-state index contributed by atoms with van der Waals surface area (Å²) in [5, 5.41) is 0.243. The van der Waals surface area contributed by atoms with Crippen LogP contribution in [-0.4, -0.2) is 28.8 Å². The van der Waals surface area contributed by atoms with Crippen molar-refractivity contribution in [3.63, 3.8) is 0 Å². The summed E-state index contributed by atoms with van der Waals surface area (Å²) >= 11 is 5.79. The van der Waals surface area contributed by atoms with E-state index in [2.05, 4.69) is 9.72 Å². The number of carbonyl (C=O) groups is 1. The average molecular weight is 427 g/mol. The highest BCUT2D eigenvalue weighted by Crippen LogP contribution is 2.41. The molecule has 2 aromatic carbocycles. The topological polar surface area (TPSA) is 70.4 Å². The van der Waals surface area contributed by atoms with Crippen LogP contribution in [0.15, 0.2) is 53.6 Å². The molecule has 3 aromatic rings. The third kappa shape index (κ3) is 4.51. The van der Waals surface area contributed by atoms with Crippen molar-refractivity contribution in [2.45, 2.75) is 18.8 Å². The molecule has 0 saturated heterocycles. The van der Waals surface area contributed by atoms with Gasteiger partial charge in [-0.1, -0.05) is 23.7 Å². The third-order valence-corrected chi connectivity index (χ3v) is 4.29. The molecule has 3 rings (SSSR count). The molecular weight excluding hydrogens is 413 g/mol. The smallest absolute Gasteiger partial charge is 0.429 e. The first kappa shape index (κ1) is 20.7. The zero-order valence-corrected chi connectivity index (χ0v) is 15.7. The summed E-state index contributed by atoms with van der Waals surface area (Å²) in [4.78, 5) is 28.7. The van der Waals surface area contributed by atoms with Crippen LogP contribution in [0.2, 0.25) is 5.02 Å². The Morgan fingerprint density at radius 1 is 1.24 bits per heavy atom. The normalized spacial score (nSPS) is 12.6. The van der Waals surface area contributed by atoms with Crippen LogP contribution in [0.4, 0.5) is 13.2 Å². The second kappa shape index (κ2) is 8.12. The van der Waals surface area contributed by atoms with Crippen LogP contribution < -0.4 is 10.3 Å². The molecule has 29 heavy (non-hydrogen) atoms. The molecule has 6 nitrogen and oxygen atoms in total. The maximum absolute atomic E-state index is 13.6. The van der Waals surface area contributed by atoms with Gasteiger partial charge >= 0.3 is 12.1 Å². The molecular formula is C19H14ClF3N2O4. The van der Waals surface area contributed by atoms with Crippen molar-refractivity contribution in [1.82, 2.24) is 9.55 Å². The molecule has 0 aliphatic heterocycles. The number of carbonyl (C=O) groups excluding carboxylic acids is 1. The van der Waals surface area contributed by atoms with E-state index < -0.39 is 35.9 Å². The Morgan fingerprint density at radius 2 is 1.97 bits per heavy atom. The highest BCUT2D eigenvalue weighted by molar-refractivity contribution is 6.30. The predicted octanol–water partition coefficient (Wildman–Crippen LogP) is 3.91. The first-order valence-corrected chi connectivity index (χ1v) is 8.62. The molecule has 0 amide bonds. The number of benzene rings is 2. The molecule has 1 aromatic heterocycles. The molecule has 0 saturated carbocycles. The number of methoxy groups -OCH3 is 1. The molecule has 0 bridgehead atoms. The van der Waals surface area contributed by atoms with E-state index in [-0.39, 0.29) is 16.2 Å². The fraction of sp³-hybridized carbons (Fsp3) is 0.211. The Hall–Kier alpha value is -3.07. The first-order chi connectivity index (χ1) is 13.7. The second-order valence-corrected chi connectivity index (χ2v) is 6.43. The minimum Gasteiger partial charge on any atom is -0.496 e. The summed E-state index contributed by atoms with van der Waals surface area (Å²) in [7, 11) is 1.18. The van der Waals surface area contributed by atoms with Gasteiger partial charge in [-0.25, -0.2) is 4.98 Å². The number of hydrogen-bond acceptors (Lipinski definition) is 5. The van der Waals surface area contributed by atoms with Crippen molar-refractivity contribution in [3.8, 4) is 5.75 Å². The second-order valence-electron chi connectivity index (χ2n) is 5.99. The minimum absolute atomic E-state index is 0.0149. The Kier molecular flexibility index (Phi) is 5.78. The number of fused-ring (bicyclic) bond motifs is 1. The Bertz CT molecular complexity index is 1110. The van der Waals surface area contributed by atoms with E-state index in [0.717, 1.165) is 17.0 Å². The lowest BCUT2D eigenvalue weighted by Gasteiger charge is -2.23. The van der Waals surface area contributed by atoms with E-state index in [1.807, 2.05) is 0 Å². The first-order valence-electron chi connectivity index (χ1n) is 8.24. The lowest BCUT2D eigenvalue weighted by atomic mass is 10.1. The Balaban J connectivity index is 1.90. The van der Waals surface area contributed by atoms with Gasteiger partial charge in [0, 0.05) is 10.6 Å². The van der Waals surface area contributed by atoms with E-state index in [9.17, 15) is 22.8 Å². The Morgan fingerprint density at radius 3 is 2.66 bits per heavy atom. The lowest BCUT2D eigenvalue weighted by Crippen LogP contribution is -2.31. The SMILES string of the molecule is COc1ccc(Cl)cc1[C@@H](OC(=O)Cn1cnc2ccccc2c1=O)C(F)(F)F. The summed E-state index contributed by atoms with van der Waals surface area (Å²) in [5.41, 5.74) is -0.625. The molecule has 10 heteroatoms. The van der Waals surface area contributed by atoms with Crippen LogP contribution in [-0.2, 0) is 16.1 Å². The molecule has 0 aliphatic carbocycles. The third-order valence-electron chi connectivity index (χ3n) is 4.05. The number of para-hydroxylation sites is 1. The quantitative estimate of drug-likeness (QED) is 0.579. The number of halogens is 4. The van der Waals surface area contributed by atoms with Gasteiger partial charge in [0.1, 0.15) is 12.3 Å². The number of ether oxygens (including phenoxy) is 2. The summed E-state index contributed by atoms with van der Waals surface area (Å²) in [5.74, 6) is -1.41. The van der Waals surface area contributed by atoms with E-state index in [1.165, 1.54) is 25.3 Å². The van der Waals surface area contributed by atoms with Gasteiger partial charge in [-0.2, -0.15) is 13.2 Å². The monoisotopic (exact) mass is 426 g/mol. The van der Waals surface area contributed by atoms with Gasteiger partial charge in [0.2, 0.25) is 6.10 Å². The predicted molar refractivity (Wildman–Crippen MR) is 98.9 cm³/mol. The van der Waals surface area contributed by atoms with Crippen LogP contribution >= 0.6 is 11.6 Å². The van der Waals surface area contributed by atoms with Crippen molar-refractivity contribution in [1.29, 1.82) is 0 Å². The molecule has 0 unspecified atom stereocenters. The van der Waals surface area contributed by atoms with Crippen molar-refractivity contribution in [3.05, 3.63) is 69.7 Å². The zero-order valence-electron chi connectivity index (χ0n) is 14.9. The van der Waals surface area contributed by atoms with Crippen molar-refractivity contribution < 1.29 is 27.4 Å². The van der Waals surface area contributed by atoms with Gasteiger partial charge in [0.15, 0.2) is 0 Å². The largest absolute Gasteiger partial charge is 0.496 e. The zero-order chi connectivity index (χ0) is 21.2. The van der Waals surface area contributed by atoms with Crippen LogP contribution in [0.3, 0.4) is 0 Å². The van der Waals surface area contributed by atoms with Crippen molar-refractivity contribution >= 4 is 28.5 Å². The summed E-state index contributed by atoms with van der Waals surface area (Å²) in [6.45, 7) is -0.744. The molecule has 152 valence electrons. The molecule has 0 fully saturated rings. The van der Waals surface area contributed by atoms with Gasteiger partial charge in [-0.3, -0.25) is 14.2 Å². The number of rotatable bonds is 5. The van der Waals surface area contributed by atoms with Crippen LogP contribution in [0.1, 0.15) is 11.7 Å². The maximum atomic E-state index is 13.6. The van der Waals surface area contributed by atoms with Gasteiger partial charge < -0.3 is 9.47 Å². The fourth-order valence-electron chi connectivity index (χ4n) is 2.74. The number of alkyl halides is 3. The highest BCUT2D eigenvalue weighted by atomic mass is 35.5. The lowest BCUT2D eigenvalue weighted by molar-refractivity contribution is -0.224. The molecule has 0 aliphatic rings. The highest BCUT2D eigenvalue weighted by Gasteiger charge is 2.45. The van der Waals surface area contributed by atoms with Crippen molar-refractivity contribution in [2.24, 2.45) is 0 Å². The molecule has 1 atom stereocenters. The Labute approximate surface area is 167 Å². The molecule has 0 spiro atoms. The van der Waals surface area contributed by atoms with Gasteiger partial charge in [-0.05, 0) is 30.3 Å². The number of aromatic nitrogens is 2. The van der Waals surface area contributed by atoms with Crippen LogP contribution in [0.5, 0.6) is 5.75 Å². The van der Waals surface area contributed by atoms with Crippen LogP contribution in [0.25, 0.3) is 10.9 Å². The van der Waals surface area contributed by atoms with Gasteiger partial charge in [0.05, 0.1) is 24.3 Å². The van der Waals surface area contributed by atoms with E-state index in [4.69, 9.17) is 16.3 Å². The summed E-state index contributed by atoms with van der Waals surface area (Å²) < 4.78 is 51.2. The fourth-order valence-corrected chi connectivity index (χ4v) is 2.92. The maximum Gasteiger partial charge on any atom is 0.429 e.